The Labute approximate surface area is 150 Å². The van der Waals surface area contributed by atoms with Crippen molar-refractivity contribution in [1.29, 1.82) is 0 Å². The highest BCUT2D eigenvalue weighted by Crippen LogP contribution is 2.37. The Bertz CT molecular complexity index is 822. The molecule has 8 nitrogen and oxygen atoms in total. The smallest absolute Gasteiger partial charge is 0.413 e. The minimum atomic E-state index is -0.636. The molecule has 0 fully saturated rings. The number of likely N-dealkylation sites (N-methyl/N-ethyl adjacent to an activating group) is 1. The maximum atomic E-state index is 12.2. The fourth-order valence-electron chi connectivity index (χ4n) is 2.84. The van der Waals surface area contributed by atoms with Crippen LogP contribution in [0.15, 0.2) is 42.5 Å². The van der Waals surface area contributed by atoms with Crippen molar-refractivity contribution in [2.75, 3.05) is 25.1 Å². The first-order valence-electron chi connectivity index (χ1n) is 8.15. The first kappa shape index (κ1) is 17.5. The molecule has 0 saturated heterocycles. The van der Waals surface area contributed by atoms with Crippen molar-refractivity contribution < 1.29 is 19.2 Å². The Balaban J connectivity index is 1.69. The standard InChI is InChI=1S/C18H19N3O5/c1-12(15-4-3-5-16-17(15)20(2)10-11-25-16)19-18(22)26-14-8-6-13(7-9-14)21(23)24/h3-9,12H,10-11H2,1-2H3,(H,19,22). The van der Waals surface area contributed by atoms with Crippen LogP contribution in [0.25, 0.3) is 0 Å². The predicted molar refractivity (Wildman–Crippen MR) is 95.9 cm³/mol. The lowest BCUT2D eigenvalue weighted by molar-refractivity contribution is -0.384. The zero-order valence-corrected chi connectivity index (χ0v) is 14.5. The zero-order chi connectivity index (χ0) is 18.7. The summed E-state index contributed by atoms with van der Waals surface area (Å²) in [5, 5.41) is 13.4. The lowest BCUT2D eigenvalue weighted by Gasteiger charge is -2.31. The van der Waals surface area contributed by atoms with Gasteiger partial charge in [-0.15, -0.1) is 0 Å². The van der Waals surface area contributed by atoms with E-state index < -0.39 is 11.0 Å². The fraction of sp³-hybridized carbons (Fsp3) is 0.278. The first-order valence-corrected chi connectivity index (χ1v) is 8.15. The molecule has 0 saturated carbocycles. The number of para-hydroxylation sites is 1. The largest absolute Gasteiger partial charge is 0.490 e. The van der Waals surface area contributed by atoms with Gasteiger partial charge in [-0.05, 0) is 25.1 Å². The summed E-state index contributed by atoms with van der Waals surface area (Å²) in [4.78, 5) is 24.4. The number of nitro benzene ring substituents is 1. The van der Waals surface area contributed by atoms with Crippen LogP contribution in [0.2, 0.25) is 0 Å². The maximum absolute atomic E-state index is 12.2. The van der Waals surface area contributed by atoms with E-state index in [1.54, 1.807) is 0 Å². The minimum Gasteiger partial charge on any atom is -0.490 e. The van der Waals surface area contributed by atoms with E-state index in [4.69, 9.17) is 9.47 Å². The zero-order valence-electron chi connectivity index (χ0n) is 14.5. The Morgan fingerprint density at radius 2 is 2.04 bits per heavy atom. The van der Waals surface area contributed by atoms with Gasteiger partial charge in [-0.2, -0.15) is 0 Å². The number of nitrogens with one attached hydrogen (secondary N) is 1. The van der Waals surface area contributed by atoms with Gasteiger partial charge >= 0.3 is 6.09 Å². The van der Waals surface area contributed by atoms with Gasteiger partial charge in [0.15, 0.2) is 0 Å². The Kier molecular flexibility index (Phi) is 4.92. The summed E-state index contributed by atoms with van der Waals surface area (Å²) >= 11 is 0. The number of hydrogen-bond donors (Lipinski definition) is 1. The molecular formula is C18H19N3O5. The maximum Gasteiger partial charge on any atom is 0.413 e. The third-order valence-corrected chi connectivity index (χ3v) is 4.16. The highest BCUT2D eigenvalue weighted by molar-refractivity contribution is 5.73. The normalized spacial score (nSPS) is 14.0. The van der Waals surface area contributed by atoms with Gasteiger partial charge in [0.05, 0.1) is 23.2 Å². The van der Waals surface area contributed by atoms with E-state index in [9.17, 15) is 14.9 Å². The number of nitro groups is 1. The monoisotopic (exact) mass is 357 g/mol. The molecule has 1 N–H and O–H groups in total. The summed E-state index contributed by atoms with van der Waals surface area (Å²) in [7, 11) is 1.98. The SMILES string of the molecule is CC(NC(=O)Oc1ccc([N+](=O)[O-])cc1)c1cccc2c1N(C)CCO2. The van der Waals surface area contributed by atoms with Crippen LogP contribution < -0.4 is 19.7 Å². The van der Waals surface area contributed by atoms with Crippen LogP contribution in [-0.4, -0.2) is 31.2 Å². The average molecular weight is 357 g/mol. The van der Waals surface area contributed by atoms with E-state index >= 15 is 0 Å². The number of ether oxygens (including phenoxy) is 2. The summed E-state index contributed by atoms with van der Waals surface area (Å²) in [6, 6.07) is 10.7. The molecule has 3 rings (SSSR count). The van der Waals surface area contributed by atoms with Gasteiger partial charge < -0.3 is 19.7 Å². The molecule has 0 bridgehead atoms. The average Bonchev–Trinajstić information content (AvgIpc) is 2.61. The number of benzene rings is 2. The molecule has 1 unspecified atom stereocenters. The van der Waals surface area contributed by atoms with E-state index in [-0.39, 0.29) is 17.5 Å². The van der Waals surface area contributed by atoms with Gasteiger partial charge in [0.2, 0.25) is 0 Å². The summed E-state index contributed by atoms with van der Waals surface area (Å²) in [5.41, 5.74) is 1.80. The third kappa shape index (κ3) is 3.69. The van der Waals surface area contributed by atoms with E-state index in [2.05, 4.69) is 10.2 Å². The number of amides is 1. The van der Waals surface area contributed by atoms with Gasteiger partial charge in [-0.1, -0.05) is 12.1 Å². The molecule has 1 heterocycles. The van der Waals surface area contributed by atoms with Crippen LogP contribution >= 0.6 is 0 Å². The topological polar surface area (TPSA) is 93.9 Å². The summed E-state index contributed by atoms with van der Waals surface area (Å²) in [5.74, 6) is 1.02. The molecule has 0 radical (unpaired) electrons. The number of anilines is 1. The Hall–Kier alpha value is -3.29. The molecule has 0 aliphatic carbocycles. The highest BCUT2D eigenvalue weighted by atomic mass is 16.6. The highest BCUT2D eigenvalue weighted by Gasteiger charge is 2.22. The van der Waals surface area contributed by atoms with Gasteiger partial charge in [0.1, 0.15) is 18.1 Å². The van der Waals surface area contributed by atoms with Crippen molar-refractivity contribution in [3.05, 3.63) is 58.1 Å². The van der Waals surface area contributed by atoms with Crippen molar-refractivity contribution in [3.8, 4) is 11.5 Å². The van der Waals surface area contributed by atoms with Crippen LogP contribution in [0.4, 0.5) is 16.2 Å². The molecule has 8 heteroatoms. The number of hydrogen-bond acceptors (Lipinski definition) is 6. The van der Waals surface area contributed by atoms with Gasteiger partial charge in [0, 0.05) is 24.7 Å². The van der Waals surface area contributed by atoms with Gasteiger partial charge in [-0.3, -0.25) is 10.1 Å². The number of carbonyl (C=O) groups is 1. The van der Waals surface area contributed by atoms with Crippen molar-refractivity contribution in [1.82, 2.24) is 5.32 Å². The Morgan fingerprint density at radius 3 is 2.73 bits per heavy atom. The molecule has 136 valence electrons. The predicted octanol–water partition coefficient (Wildman–Crippen LogP) is 3.27. The van der Waals surface area contributed by atoms with Crippen LogP contribution in [0.3, 0.4) is 0 Å². The molecule has 2 aromatic rings. The van der Waals surface area contributed by atoms with Crippen LogP contribution in [0.1, 0.15) is 18.5 Å². The van der Waals surface area contributed by atoms with Gasteiger partial charge in [0.25, 0.3) is 5.69 Å². The molecule has 0 aromatic heterocycles. The fourth-order valence-corrected chi connectivity index (χ4v) is 2.84. The van der Waals surface area contributed by atoms with Gasteiger partial charge in [-0.25, -0.2) is 4.79 Å². The summed E-state index contributed by atoms with van der Waals surface area (Å²) < 4.78 is 10.9. The molecule has 1 atom stereocenters. The molecule has 26 heavy (non-hydrogen) atoms. The van der Waals surface area contributed by atoms with Crippen molar-refractivity contribution in [2.24, 2.45) is 0 Å². The summed E-state index contributed by atoms with van der Waals surface area (Å²) in [6.07, 6.45) is -0.636. The lowest BCUT2D eigenvalue weighted by Crippen LogP contribution is -2.33. The van der Waals surface area contributed by atoms with Crippen molar-refractivity contribution >= 4 is 17.5 Å². The van der Waals surface area contributed by atoms with E-state index in [0.29, 0.717) is 6.61 Å². The first-order chi connectivity index (χ1) is 12.5. The minimum absolute atomic E-state index is 0.0647. The van der Waals surface area contributed by atoms with E-state index in [0.717, 1.165) is 23.5 Å². The lowest BCUT2D eigenvalue weighted by atomic mass is 10.0. The van der Waals surface area contributed by atoms with Crippen molar-refractivity contribution in [2.45, 2.75) is 13.0 Å². The second-order valence-electron chi connectivity index (χ2n) is 5.97. The Morgan fingerprint density at radius 1 is 1.31 bits per heavy atom. The second-order valence-corrected chi connectivity index (χ2v) is 5.97. The summed E-state index contributed by atoms with van der Waals surface area (Å²) in [6.45, 7) is 3.25. The molecule has 1 aliphatic rings. The van der Waals surface area contributed by atoms with E-state index in [1.807, 2.05) is 32.2 Å². The number of non-ortho nitro benzene ring substituents is 1. The second kappa shape index (κ2) is 7.30. The number of fused-ring (bicyclic) bond motifs is 1. The molecule has 1 amide bonds. The third-order valence-electron chi connectivity index (χ3n) is 4.16. The van der Waals surface area contributed by atoms with E-state index in [1.165, 1.54) is 24.3 Å². The molecular weight excluding hydrogens is 338 g/mol. The van der Waals surface area contributed by atoms with Crippen LogP contribution in [-0.2, 0) is 0 Å². The number of carbonyl (C=O) groups excluding carboxylic acids is 1. The number of nitrogens with zero attached hydrogens (tertiary/aromatic N) is 2. The molecule has 2 aromatic carbocycles. The quantitative estimate of drug-likeness (QED) is 0.667. The van der Waals surface area contributed by atoms with Crippen molar-refractivity contribution in [3.63, 3.8) is 0 Å². The number of rotatable bonds is 4. The molecule has 0 spiro atoms. The van der Waals surface area contributed by atoms with Crippen LogP contribution in [0.5, 0.6) is 11.5 Å². The molecule has 1 aliphatic heterocycles. The van der Waals surface area contributed by atoms with Crippen LogP contribution in [0, 0.1) is 10.1 Å².